The Hall–Kier alpha value is -3.62. The van der Waals surface area contributed by atoms with Crippen LogP contribution in [-0.2, 0) is 14.3 Å². The average Bonchev–Trinajstić information content (AvgIpc) is 3.12. The first-order valence-electron chi connectivity index (χ1n) is 11.2. The zero-order chi connectivity index (χ0) is 24.1. The number of aromatic hydroxyl groups is 1. The quantitative estimate of drug-likeness (QED) is 0.268. The van der Waals surface area contributed by atoms with E-state index in [1.54, 1.807) is 42.5 Å². The number of hydrogen-bond acceptors (Lipinski definition) is 7. The number of benzene rings is 2. The molecule has 2 aliphatic rings. The third-order valence-corrected chi connectivity index (χ3v) is 6.01. The van der Waals surface area contributed by atoms with Gasteiger partial charge >= 0.3 is 0 Å². The number of rotatable bonds is 8. The molecule has 2 N–H and O–H groups in total. The predicted molar refractivity (Wildman–Crippen MR) is 127 cm³/mol. The van der Waals surface area contributed by atoms with Crippen molar-refractivity contribution < 1.29 is 29.3 Å². The Bertz CT molecular complexity index is 1070. The second-order valence-corrected chi connectivity index (χ2v) is 8.16. The number of phenols is 1. The topological polar surface area (TPSA) is 99.5 Å². The number of likely N-dealkylation sites (tertiary alicyclic amines) is 1. The van der Waals surface area contributed by atoms with Gasteiger partial charge in [0.05, 0.1) is 24.8 Å². The number of morpholine rings is 1. The van der Waals surface area contributed by atoms with Crippen molar-refractivity contribution >= 4 is 17.4 Å². The van der Waals surface area contributed by atoms with Gasteiger partial charge in [-0.15, -0.1) is 0 Å². The molecule has 178 valence electrons. The minimum absolute atomic E-state index is 0.0254. The largest absolute Gasteiger partial charge is 0.508 e. The molecule has 2 aliphatic heterocycles. The Morgan fingerprint density at radius 1 is 1.06 bits per heavy atom. The molecular weight excluding hydrogens is 436 g/mol. The van der Waals surface area contributed by atoms with Crippen LogP contribution in [-0.4, -0.2) is 77.7 Å². The summed E-state index contributed by atoms with van der Waals surface area (Å²) in [6.45, 7) is 7.64. The number of aliphatic hydroxyl groups is 1. The Morgan fingerprint density at radius 3 is 2.38 bits per heavy atom. The summed E-state index contributed by atoms with van der Waals surface area (Å²) in [5, 5.41) is 20.9. The smallest absolute Gasteiger partial charge is 0.295 e. The predicted octanol–water partition coefficient (Wildman–Crippen LogP) is 2.71. The molecule has 0 radical (unpaired) electrons. The maximum absolute atomic E-state index is 13.1. The van der Waals surface area contributed by atoms with Crippen LogP contribution >= 0.6 is 0 Å². The third kappa shape index (κ3) is 4.98. The molecule has 2 saturated heterocycles. The summed E-state index contributed by atoms with van der Waals surface area (Å²) in [7, 11) is 0. The molecule has 2 heterocycles. The van der Waals surface area contributed by atoms with Gasteiger partial charge in [0, 0.05) is 31.7 Å². The van der Waals surface area contributed by atoms with Crippen molar-refractivity contribution in [1.82, 2.24) is 9.80 Å². The highest BCUT2D eigenvalue weighted by Gasteiger charge is 2.46. The summed E-state index contributed by atoms with van der Waals surface area (Å²) in [5.74, 6) is -0.967. The molecular formula is C26H28N2O6. The van der Waals surface area contributed by atoms with Crippen LogP contribution in [0.2, 0.25) is 0 Å². The van der Waals surface area contributed by atoms with Gasteiger partial charge in [-0.2, -0.15) is 0 Å². The third-order valence-electron chi connectivity index (χ3n) is 6.01. The normalized spacial score (nSPS) is 20.5. The van der Waals surface area contributed by atoms with Crippen LogP contribution in [0.3, 0.4) is 0 Å². The van der Waals surface area contributed by atoms with E-state index in [1.165, 1.54) is 17.0 Å². The highest BCUT2D eigenvalue weighted by Crippen LogP contribution is 2.39. The zero-order valence-corrected chi connectivity index (χ0v) is 18.9. The van der Waals surface area contributed by atoms with Gasteiger partial charge in [-0.1, -0.05) is 24.8 Å². The van der Waals surface area contributed by atoms with Gasteiger partial charge < -0.3 is 24.6 Å². The van der Waals surface area contributed by atoms with Crippen molar-refractivity contribution in [3.05, 3.63) is 77.9 Å². The Labute approximate surface area is 198 Å². The molecule has 1 atom stereocenters. The van der Waals surface area contributed by atoms with Crippen molar-refractivity contribution in [2.75, 3.05) is 46.0 Å². The average molecular weight is 465 g/mol. The van der Waals surface area contributed by atoms with Gasteiger partial charge in [0.1, 0.15) is 23.9 Å². The van der Waals surface area contributed by atoms with E-state index in [4.69, 9.17) is 9.47 Å². The number of phenolic OH excluding ortho intramolecular Hbond substituents is 1. The molecule has 0 aromatic heterocycles. The highest BCUT2D eigenvalue weighted by molar-refractivity contribution is 6.46. The number of hydrogen-bond donors (Lipinski definition) is 2. The van der Waals surface area contributed by atoms with Crippen LogP contribution in [0.15, 0.2) is 66.8 Å². The molecule has 4 rings (SSSR count). The van der Waals surface area contributed by atoms with E-state index in [0.29, 0.717) is 49.8 Å². The number of carbonyl (C=O) groups is 2. The van der Waals surface area contributed by atoms with Crippen molar-refractivity contribution in [2.45, 2.75) is 6.04 Å². The number of carbonyl (C=O) groups excluding carboxylic acids is 2. The second kappa shape index (κ2) is 10.5. The van der Waals surface area contributed by atoms with Crippen LogP contribution in [0.5, 0.6) is 11.5 Å². The molecule has 2 aromatic carbocycles. The molecule has 1 amide bonds. The molecule has 0 spiro atoms. The lowest BCUT2D eigenvalue weighted by atomic mass is 9.95. The van der Waals surface area contributed by atoms with Gasteiger partial charge in [-0.05, 0) is 42.0 Å². The fourth-order valence-corrected chi connectivity index (χ4v) is 4.21. The number of ether oxygens (including phenoxy) is 2. The lowest BCUT2D eigenvalue weighted by Crippen LogP contribution is -2.42. The standard InChI is InChI=1S/C26H28N2O6/c1-2-15-34-21-9-5-19(6-10-21)24(30)22-23(18-3-7-20(29)8-4-18)28(26(32)25(22)31)12-11-27-13-16-33-17-14-27/h2-10,23,29-30H,1,11-17H2/t23-/m0/s1. The Morgan fingerprint density at radius 2 is 1.74 bits per heavy atom. The van der Waals surface area contributed by atoms with Crippen LogP contribution in [0.25, 0.3) is 5.76 Å². The van der Waals surface area contributed by atoms with Gasteiger partial charge in [0.25, 0.3) is 11.7 Å². The number of aliphatic hydroxyl groups excluding tert-OH is 1. The molecule has 2 aromatic rings. The van der Waals surface area contributed by atoms with Crippen molar-refractivity contribution in [3.8, 4) is 11.5 Å². The number of ketones is 1. The zero-order valence-electron chi connectivity index (χ0n) is 18.9. The van der Waals surface area contributed by atoms with Crippen LogP contribution in [0, 0.1) is 0 Å². The van der Waals surface area contributed by atoms with E-state index in [-0.39, 0.29) is 17.1 Å². The first-order valence-corrected chi connectivity index (χ1v) is 11.2. The van der Waals surface area contributed by atoms with Crippen LogP contribution in [0.1, 0.15) is 17.2 Å². The fourth-order valence-electron chi connectivity index (χ4n) is 4.21. The van der Waals surface area contributed by atoms with Gasteiger partial charge in [-0.3, -0.25) is 14.5 Å². The molecule has 2 fully saturated rings. The van der Waals surface area contributed by atoms with E-state index in [1.807, 2.05) is 0 Å². The summed E-state index contributed by atoms with van der Waals surface area (Å²) in [5.41, 5.74) is 1.06. The van der Waals surface area contributed by atoms with E-state index < -0.39 is 17.7 Å². The lowest BCUT2D eigenvalue weighted by Gasteiger charge is -2.31. The Balaban J connectivity index is 1.68. The number of amides is 1. The summed E-state index contributed by atoms with van der Waals surface area (Å²) in [4.78, 5) is 29.8. The summed E-state index contributed by atoms with van der Waals surface area (Å²) in [6, 6.07) is 12.2. The van der Waals surface area contributed by atoms with E-state index >= 15 is 0 Å². The monoisotopic (exact) mass is 464 g/mol. The maximum atomic E-state index is 13.1. The van der Waals surface area contributed by atoms with Crippen LogP contribution in [0.4, 0.5) is 0 Å². The Kier molecular flexibility index (Phi) is 7.30. The van der Waals surface area contributed by atoms with E-state index in [9.17, 15) is 19.8 Å². The minimum atomic E-state index is -0.765. The number of Topliss-reactive ketones (excluding diaryl/α,β-unsaturated/α-hetero) is 1. The van der Waals surface area contributed by atoms with Gasteiger partial charge in [0.2, 0.25) is 0 Å². The number of nitrogens with zero attached hydrogens (tertiary/aromatic N) is 2. The first kappa shape index (κ1) is 23.5. The molecule has 8 nitrogen and oxygen atoms in total. The first-order chi connectivity index (χ1) is 16.5. The highest BCUT2D eigenvalue weighted by atomic mass is 16.5. The minimum Gasteiger partial charge on any atom is -0.508 e. The summed E-state index contributed by atoms with van der Waals surface area (Å²) in [6.07, 6.45) is 1.63. The van der Waals surface area contributed by atoms with Crippen molar-refractivity contribution in [3.63, 3.8) is 0 Å². The molecule has 34 heavy (non-hydrogen) atoms. The van der Waals surface area contributed by atoms with Gasteiger partial charge in [0.15, 0.2) is 0 Å². The summed E-state index contributed by atoms with van der Waals surface area (Å²) >= 11 is 0. The lowest BCUT2D eigenvalue weighted by molar-refractivity contribution is -0.140. The van der Waals surface area contributed by atoms with Crippen molar-refractivity contribution in [1.29, 1.82) is 0 Å². The molecule has 0 saturated carbocycles. The SMILES string of the molecule is C=CCOc1ccc(C(O)=C2C(=O)C(=O)N(CCN3CCOCC3)[C@H]2c2ccc(O)cc2)cc1. The van der Waals surface area contributed by atoms with E-state index in [0.717, 1.165) is 13.1 Å². The second-order valence-electron chi connectivity index (χ2n) is 8.16. The van der Waals surface area contributed by atoms with E-state index in [2.05, 4.69) is 11.5 Å². The molecule has 0 aliphatic carbocycles. The molecule has 8 heteroatoms. The van der Waals surface area contributed by atoms with Crippen molar-refractivity contribution in [2.24, 2.45) is 0 Å². The molecule has 0 bridgehead atoms. The fraction of sp³-hybridized carbons (Fsp3) is 0.308. The summed E-state index contributed by atoms with van der Waals surface area (Å²) < 4.78 is 10.9. The van der Waals surface area contributed by atoms with Gasteiger partial charge in [-0.25, -0.2) is 0 Å². The van der Waals surface area contributed by atoms with Crippen LogP contribution < -0.4 is 4.74 Å². The molecule has 0 unspecified atom stereocenters. The maximum Gasteiger partial charge on any atom is 0.295 e.